The van der Waals surface area contributed by atoms with Gasteiger partial charge in [-0.3, -0.25) is 4.79 Å². The number of rotatable bonds is 3. The molecule has 0 radical (unpaired) electrons. The van der Waals surface area contributed by atoms with Gasteiger partial charge in [0.2, 0.25) is 0 Å². The molecule has 0 saturated carbocycles. The Balaban J connectivity index is 2.92. The first-order valence-corrected chi connectivity index (χ1v) is 4.94. The SMILES string of the molecule is CC(C)(N)CC(=O)c1ccc(Cl)cc1F. The van der Waals surface area contributed by atoms with Gasteiger partial charge >= 0.3 is 0 Å². The molecule has 1 rings (SSSR count). The van der Waals surface area contributed by atoms with Crippen molar-refractivity contribution in [1.29, 1.82) is 0 Å². The van der Waals surface area contributed by atoms with Crippen LogP contribution in [0.2, 0.25) is 5.02 Å². The van der Waals surface area contributed by atoms with Crippen LogP contribution < -0.4 is 5.73 Å². The molecule has 0 heterocycles. The molecule has 2 nitrogen and oxygen atoms in total. The molecule has 15 heavy (non-hydrogen) atoms. The molecule has 2 N–H and O–H groups in total. The highest BCUT2D eigenvalue weighted by Crippen LogP contribution is 2.18. The summed E-state index contributed by atoms with van der Waals surface area (Å²) >= 11 is 5.58. The van der Waals surface area contributed by atoms with Crippen molar-refractivity contribution >= 4 is 17.4 Å². The van der Waals surface area contributed by atoms with E-state index in [2.05, 4.69) is 0 Å². The average Bonchev–Trinajstić information content (AvgIpc) is 1.99. The van der Waals surface area contributed by atoms with Crippen molar-refractivity contribution in [1.82, 2.24) is 0 Å². The maximum atomic E-state index is 13.3. The molecule has 0 aromatic heterocycles. The standard InChI is InChI=1S/C11H13ClFNO/c1-11(2,14)6-10(15)8-4-3-7(12)5-9(8)13/h3-5H,6,14H2,1-2H3. The van der Waals surface area contributed by atoms with E-state index in [1.54, 1.807) is 13.8 Å². The molecule has 0 fully saturated rings. The van der Waals surface area contributed by atoms with Crippen molar-refractivity contribution in [3.8, 4) is 0 Å². The van der Waals surface area contributed by atoms with E-state index in [0.29, 0.717) is 0 Å². The first-order chi connectivity index (χ1) is 6.79. The molecular weight excluding hydrogens is 217 g/mol. The number of ketones is 1. The van der Waals surface area contributed by atoms with Gasteiger partial charge in [-0.1, -0.05) is 11.6 Å². The third-order valence-corrected chi connectivity index (χ3v) is 2.08. The summed E-state index contributed by atoms with van der Waals surface area (Å²) in [6.45, 7) is 3.44. The summed E-state index contributed by atoms with van der Waals surface area (Å²) in [6, 6.07) is 3.99. The lowest BCUT2D eigenvalue weighted by molar-refractivity contribution is 0.0956. The van der Waals surface area contributed by atoms with Gasteiger partial charge in [0.1, 0.15) is 5.82 Å². The van der Waals surface area contributed by atoms with Gasteiger partial charge in [0.05, 0.1) is 5.56 Å². The summed E-state index contributed by atoms with van der Waals surface area (Å²) in [6.07, 6.45) is 0.103. The second-order valence-corrected chi connectivity index (χ2v) is 4.65. The maximum absolute atomic E-state index is 13.3. The minimum atomic E-state index is -0.636. The van der Waals surface area contributed by atoms with Gasteiger partial charge in [-0.2, -0.15) is 0 Å². The van der Waals surface area contributed by atoms with E-state index in [4.69, 9.17) is 17.3 Å². The molecule has 0 atom stereocenters. The molecule has 82 valence electrons. The molecule has 0 amide bonds. The molecule has 0 aliphatic heterocycles. The monoisotopic (exact) mass is 229 g/mol. The van der Waals surface area contributed by atoms with Crippen LogP contribution in [0.1, 0.15) is 30.6 Å². The van der Waals surface area contributed by atoms with E-state index in [1.165, 1.54) is 12.1 Å². The topological polar surface area (TPSA) is 43.1 Å². The number of halogens is 2. The van der Waals surface area contributed by atoms with Gasteiger partial charge in [-0.05, 0) is 32.0 Å². The smallest absolute Gasteiger partial charge is 0.167 e. The summed E-state index contributed by atoms with van der Waals surface area (Å²) in [5.41, 5.74) is 5.09. The minimum Gasteiger partial charge on any atom is -0.325 e. The van der Waals surface area contributed by atoms with E-state index in [0.717, 1.165) is 6.07 Å². The van der Waals surface area contributed by atoms with Gasteiger partial charge in [0.25, 0.3) is 0 Å². The van der Waals surface area contributed by atoms with Crippen molar-refractivity contribution in [2.24, 2.45) is 5.73 Å². The Morgan fingerprint density at radius 3 is 2.60 bits per heavy atom. The predicted octanol–water partition coefficient (Wildman–Crippen LogP) is 2.79. The van der Waals surface area contributed by atoms with Crippen molar-refractivity contribution in [3.63, 3.8) is 0 Å². The zero-order chi connectivity index (χ0) is 11.6. The number of hydrogen-bond donors (Lipinski definition) is 1. The highest BCUT2D eigenvalue weighted by atomic mass is 35.5. The van der Waals surface area contributed by atoms with Gasteiger partial charge in [0.15, 0.2) is 5.78 Å². The van der Waals surface area contributed by atoms with Crippen LogP contribution in [0.3, 0.4) is 0 Å². The van der Waals surface area contributed by atoms with Crippen molar-refractivity contribution in [3.05, 3.63) is 34.6 Å². The fourth-order valence-electron chi connectivity index (χ4n) is 1.22. The number of nitrogens with two attached hydrogens (primary N) is 1. The summed E-state index contributed by atoms with van der Waals surface area (Å²) < 4.78 is 13.3. The van der Waals surface area contributed by atoms with Crippen LogP contribution in [0, 0.1) is 5.82 Å². The molecule has 0 saturated heterocycles. The maximum Gasteiger partial charge on any atom is 0.167 e. The van der Waals surface area contributed by atoms with Crippen LogP contribution >= 0.6 is 11.6 Å². The molecule has 4 heteroatoms. The average molecular weight is 230 g/mol. The second-order valence-electron chi connectivity index (χ2n) is 4.21. The summed E-state index contributed by atoms with van der Waals surface area (Å²) in [5, 5.41) is 0.274. The van der Waals surface area contributed by atoms with E-state index < -0.39 is 11.4 Å². The number of Topliss-reactive ketones (excluding diaryl/α,β-unsaturated/α-hetero) is 1. The summed E-state index contributed by atoms with van der Waals surface area (Å²) in [5.74, 6) is -0.909. The third kappa shape index (κ3) is 3.61. The number of benzene rings is 1. The van der Waals surface area contributed by atoms with Crippen LogP contribution in [-0.2, 0) is 0 Å². The van der Waals surface area contributed by atoms with Crippen molar-refractivity contribution < 1.29 is 9.18 Å². The lowest BCUT2D eigenvalue weighted by Gasteiger charge is -2.17. The van der Waals surface area contributed by atoms with E-state index in [9.17, 15) is 9.18 Å². The third-order valence-electron chi connectivity index (χ3n) is 1.85. The first kappa shape index (κ1) is 12.1. The molecule has 0 spiro atoms. The number of hydrogen-bond acceptors (Lipinski definition) is 2. The molecule has 1 aromatic carbocycles. The van der Waals surface area contributed by atoms with Crippen LogP contribution in [-0.4, -0.2) is 11.3 Å². The van der Waals surface area contributed by atoms with Crippen LogP contribution in [0.25, 0.3) is 0 Å². The Bertz CT molecular complexity index is 385. The zero-order valence-electron chi connectivity index (χ0n) is 8.68. The summed E-state index contributed by atoms with van der Waals surface area (Å²) in [7, 11) is 0. The number of carbonyl (C=O) groups is 1. The van der Waals surface area contributed by atoms with E-state index in [-0.39, 0.29) is 22.8 Å². The fraction of sp³-hybridized carbons (Fsp3) is 0.364. The highest BCUT2D eigenvalue weighted by molar-refractivity contribution is 6.30. The van der Waals surface area contributed by atoms with Crippen molar-refractivity contribution in [2.75, 3.05) is 0 Å². The van der Waals surface area contributed by atoms with Crippen LogP contribution in [0.5, 0.6) is 0 Å². The predicted molar refractivity (Wildman–Crippen MR) is 58.6 cm³/mol. The molecule has 0 bridgehead atoms. The lowest BCUT2D eigenvalue weighted by Crippen LogP contribution is -2.34. The molecule has 0 aliphatic carbocycles. The highest BCUT2D eigenvalue weighted by Gasteiger charge is 2.20. The number of carbonyl (C=O) groups excluding carboxylic acids is 1. The van der Waals surface area contributed by atoms with Gasteiger partial charge < -0.3 is 5.73 Å². The fourth-order valence-corrected chi connectivity index (χ4v) is 1.38. The normalized spacial score (nSPS) is 11.5. The quantitative estimate of drug-likeness (QED) is 0.810. The summed E-state index contributed by atoms with van der Waals surface area (Å²) in [4.78, 5) is 11.6. The Morgan fingerprint density at radius 2 is 2.13 bits per heavy atom. The Kier molecular flexibility index (Phi) is 3.47. The Labute approximate surface area is 93.2 Å². The van der Waals surface area contributed by atoms with Gasteiger partial charge in [0, 0.05) is 17.0 Å². The van der Waals surface area contributed by atoms with Gasteiger partial charge in [-0.25, -0.2) is 4.39 Å². The van der Waals surface area contributed by atoms with Crippen LogP contribution in [0.15, 0.2) is 18.2 Å². The Hall–Kier alpha value is -0.930. The molecule has 0 unspecified atom stereocenters. The largest absolute Gasteiger partial charge is 0.325 e. The van der Waals surface area contributed by atoms with E-state index in [1.807, 2.05) is 0 Å². The molecular formula is C11H13ClFNO. The van der Waals surface area contributed by atoms with Crippen molar-refractivity contribution in [2.45, 2.75) is 25.8 Å². The lowest BCUT2D eigenvalue weighted by atomic mass is 9.95. The molecule has 0 aliphatic rings. The second kappa shape index (κ2) is 4.29. The van der Waals surface area contributed by atoms with Gasteiger partial charge in [-0.15, -0.1) is 0 Å². The minimum absolute atomic E-state index is 0.0397. The van der Waals surface area contributed by atoms with Crippen LogP contribution in [0.4, 0.5) is 4.39 Å². The zero-order valence-corrected chi connectivity index (χ0v) is 9.44. The Morgan fingerprint density at radius 1 is 1.53 bits per heavy atom. The van der Waals surface area contributed by atoms with E-state index >= 15 is 0 Å². The molecule has 1 aromatic rings. The first-order valence-electron chi connectivity index (χ1n) is 4.57.